The average molecular weight is 1390 g/mol. The number of hydrogen-bond donors (Lipinski definition) is 3. The van der Waals surface area contributed by atoms with Crippen molar-refractivity contribution < 1.29 is 90.5 Å². The van der Waals surface area contributed by atoms with E-state index in [0.29, 0.717) is 171 Å². The van der Waals surface area contributed by atoms with E-state index in [-0.39, 0.29) is 92.3 Å². The Labute approximate surface area is 584 Å². The van der Waals surface area contributed by atoms with E-state index < -0.39 is 23.8 Å². The normalized spacial score (nSPS) is 17.5. The van der Waals surface area contributed by atoms with Gasteiger partial charge in [-0.15, -0.1) is 0 Å². The number of fused-ring (bicyclic) bond motifs is 4. The largest absolute Gasteiger partial charge is 0.493 e. The third-order valence-corrected chi connectivity index (χ3v) is 17.8. The lowest BCUT2D eigenvalue weighted by molar-refractivity contribution is -0.137. The minimum atomic E-state index is -0.771. The van der Waals surface area contributed by atoms with Gasteiger partial charge in [-0.05, 0) is 115 Å². The van der Waals surface area contributed by atoms with Crippen LogP contribution in [0, 0.1) is 24.7 Å². The van der Waals surface area contributed by atoms with Crippen molar-refractivity contribution >= 4 is 70.3 Å². The number of amides is 7. The summed E-state index contributed by atoms with van der Waals surface area (Å²) in [7, 11) is 1.56. The number of ketones is 1. The SMILES string of the molecule is COc1cc2c(cc1OCCCOc1cc3c(cc1C)C(=O)N1C=C(c4ccc(NC(=O)[C@H](C)CC(=O)[C@@H](NC(=O)CCOCCOCCOCCOCCOCCOCCOCCOCCNC(=O)CCN5C(=O)C=CC5=O)C(C)C)cc4)C[C@H]1CC3)N=C[C@@H]1CC(C3CC3)=CN1C2=O. The van der Waals surface area contributed by atoms with Crippen molar-refractivity contribution in [3.8, 4) is 17.2 Å². The molecule has 26 heteroatoms. The number of aliphatic imine (C=N–C) groups is 1. The van der Waals surface area contributed by atoms with Crippen molar-refractivity contribution in [2.24, 2.45) is 22.7 Å². The fourth-order valence-electron chi connectivity index (χ4n) is 12.1. The summed E-state index contributed by atoms with van der Waals surface area (Å²) in [5.41, 5.74) is 7.39. The number of imide groups is 1. The lowest BCUT2D eigenvalue weighted by atomic mass is 9.92. The van der Waals surface area contributed by atoms with Gasteiger partial charge in [0.05, 0.1) is 149 Å². The highest BCUT2D eigenvalue weighted by Crippen LogP contribution is 2.45. The molecule has 3 aromatic carbocycles. The molecule has 1 aliphatic carbocycles. The molecule has 0 aromatic heterocycles. The van der Waals surface area contributed by atoms with E-state index >= 15 is 0 Å². The van der Waals surface area contributed by atoms with Crippen LogP contribution in [0.1, 0.15) is 116 Å². The third kappa shape index (κ3) is 22.6. The van der Waals surface area contributed by atoms with Crippen LogP contribution < -0.4 is 30.2 Å². The minimum Gasteiger partial charge on any atom is -0.493 e. The van der Waals surface area contributed by atoms with Crippen LogP contribution >= 0.6 is 0 Å². The highest BCUT2D eigenvalue weighted by molar-refractivity contribution is 6.13. The number of anilines is 1. The predicted molar refractivity (Wildman–Crippen MR) is 369 cm³/mol. The maximum Gasteiger partial charge on any atom is 0.260 e. The monoisotopic (exact) mass is 1390 g/mol. The predicted octanol–water partition coefficient (Wildman–Crippen LogP) is 6.91. The van der Waals surface area contributed by atoms with Gasteiger partial charge in [-0.2, -0.15) is 0 Å². The van der Waals surface area contributed by atoms with Crippen LogP contribution in [0.25, 0.3) is 5.57 Å². The maximum absolute atomic E-state index is 14.2. The number of Topliss-reactive ketones (excluding diaryl/α,β-unsaturated/α-hetero) is 1. The number of carbonyl (C=O) groups excluding carboxylic acids is 8. The zero-order valence-corrected chi connectivity index (χ0v) is 58.2. The van der Waals surface area contributed by atoms with Crippen molar-refractivity contribution in [2.75, 3.05) is 144 Å². The van der Waals surface area contributed by atoms with E-state index in [1.165, 1.54) is 30.6 Å². The van der Waals surface area contributed by atoms with Gasteiger partial charge in [0.25, 0.3) is 23.6 Å². The van der Waals surface area contributed by atoms with Crippen LogP contribution in [0.3, 0.4) is 0 Å². The summed E-state index contributed by atoms with van der Waals surface area (Å²) in [5.74, 6) is -0.692. The van der Waals surface area contributed by atoms with Crippen LogP contribution in [0.4, 0.5) is 11.4 Å². The van der Waals surface area contributed by atoms with E-state index in [0.717, 1.165) is 45.8 Å². The fraction of sp³-hybridized carbons (Fsp3) is 0.554. The van der Waals surface area contributed by atoms with Crippen LogP contribution in [0.5, 0.6) is 17.2 Å². The van der Waals surface area contributed by atoms with E-state index in [1.54, 1.807) is 31.1 Å². The molecule has 6 aliphatic rings. The summed E-state index contributed by atoms with van der Waals surface area (Å²) in [6, 6.07) is 14.1. The Bertz CT molecular complexity index is 3420. The van der Waals surface area contributed by atoms with Crippen LogP contribution in [0.2, 0.25) is 0 Å². The van der Waals surface area contributed by atoms with Gasteiger partial charge in [0.2, 0.25) is 17.7 Å². The molecule has 1 fully saturated rings. The highest BCUT2D eigenvalue weighted by atomic mass is 16.6. The second-order valence-corrected chi connectivity index (χ2v) is 25.7. The summed E-state index contributed by atoms with van der Waals surface area (Å²) in [5, 5.41) is 8.46. The molecule has 542 valence electrons. The standard InChI is InChI=1S/C74H97N7O19/c1-49(2)71(78-68(84)18-23-91-25-27-93-29-31-95-33-35-97-37-38-98-36-34-96-32-30-94-28-26-92-24-19-75-67(83)17-20-79-69(85)15-16-70(79)86)63(82)40-51(4)72(87)77-57-12-9-53(10-13-57)55-41-58-14-11-54-43-64(50(3)39-60(54)73(88)80(58)47-55)99-21-6-22-100-66-45-62-61(44-65(66)90-5)74(89)81-48-56(52-7-8-52)42-59(81)46-76-62/h9-10,12-13,15-16,39,43-49,51-52,58-59,71H,6-8,11,14,17-38,40-42H2,1-5H3,(H,75,83)(H,77,87)(H,78,84)/t51-,58-,59+,71+/m1/s1. The number of carbonyl (C=O) groups is 8. The number of nitrogens with one attached hydrogen (secondary N) is 3. The van der Waals surface area contributed by atoms with Gasteiger partial charge in [0.1, 0.15) is 5.75 Å². The van der Waals surface area contributed by atoms with Crippen LogP contribution in [-0.4, -0.2) is 225 Å². The highest BCUT2D eigenvalue weighted by Gasteiger charge is 2.39. The summed E-state index contributed by atoms with van der Waals surface area (Å²) in [6.07, 6.45) is 14.2. The molecule has 9 rings (SSSR count). The molecule has 100 heavy (non-hydrogen) atoms. The Kier molecular flexibility index (Phi) is 29.7. The molecule has 1 saturated carbocycles. The first-order valence-corrected chi connectivity index (χ1v) is 34.9. The number of ether oxygens (including phenoxy) is 11. The van der Waals surface area contributed by atoms with Gasteiger partial charge in [0.15, 0.2) is 17.3 Å². The second-order valence-electron chi connectivity index (χ2n) is 25.7. The van der Waals surface area contributed by atoms with Gasteiger partial charge in [-0.25, -0.2) is 0 Å². The van der Waals surface area contributed by atoms with Crippen molar-refractivity contribution in [2.45, 2.75) is 110 Å². The smallest absolute Gasteiger partial charge is 0.260 e. The molecular weight excluding hydrogens is 1290 g/mol. The van der Waals surface area contributed by atoms with Crippen molar-refractivity contribution in [1.29, 1.82) is 0 Å². The number of rotatable bonds is 46. The number of methoxy groups -OCH3 is 1. The first-order chi connectivity index (χ1) is 48.5. The molecule has 26 nitrogen and oxygen atoms in total. The Morgan fingerprint density at radius 3 is 1.80 bits per heavy atom. The quantitative estimate of drug-likeness (QED) is 0.0382. The van der Waals surface area contributed by atoms with Crippen molar-refractivity contribution in [3.63, 3.8) is 0 Å². The number of benzene rings is 3. The van der Waals surface area contributed by atoms with E-state index in [4.69, 9.17) is 57.1 Å². The molecule has 0 unspecified atom stereocenters. The van der Waals surface area contributed by atoms with E-state index in [1.807, 2.05) is 80.7 Å². The lowest BCUT2D eigenvalue weighted by Gasteiger charge is -2.23. The first-order valence-electron chi connectivity index (χ1n) is 34.9. The zero-order valence-electron chi connectivity index (χ0n) is 58.2. The molecule has 7 amide bonds. The summed E-state index contributed by atoms with van der Waals surface area (Å²) >= 11 is 0. The lowest BCUT2D eigenvalue weighted by Crippen LogP contribution is -2.45. The third-order valence-electron chi connectivity index (χ3n) is 17.8. The average Bonchev–Trinajstić information content (AvgIpc) is 1.62. The minimum absolute atomic E-state index is 0.0153. The molecule has 0 radical (unpaired) electrons. The molecule has 5 aliphatic heterocycles. The summed E-state index contributed by atoms with van der Waals surface area (Å²) in [6.45, 7) is 14.2. The van der Waals surface area contributed by atoms with Gasteiger partial charge in [-0.3, -0.25) is 48.2 Å². The van der Waals surface area contributed by atoms with E-state index in [9.17, 15) is 38.4 Å². The van der Waals surface area contributed by atoms with Gasteiger partial charge < -0.3 is 77.9 Å². The molecule has 3 aromatic rings. The second kappa shape index (κ2) is 39.1. The summed E-state index contributed by atoms with van der Waals surface area (Å²) < 4.78 is 62.2. The topological polar surface area (TPSA) is 296 Å². The molecule has 0 bridgehead atoms. The van der Waals surface area contributed by atoms with Gasteiger partial charge in [0, 0.05) is 98.8 Å². The number of nitrogens with zero attached hydrogens (tertiary/aromatic N) is 4. The van der Waals surface area contributed by atoms with Crippen LogP contribution in [0.15, 0.2) is 83.6 Å². The summed E-state index contributed by atoms with van der Waals surface area (Å²) in [4.78, 5) is 112. The molecular formula is C74H97N7O19. The van der Waals surface area contributed by atoms with Crippen molar-refractivity contribution in [1.82, 2.24) is 25.3 Å². The maximum atomic E-state index is 14.2. The zero-order chi connectivity index (χ0) is 70.8. The first kappa shape index (κ1) is 76.0. The van der Waals surface area contributed by atoms with Gasteiger partial charge >= 0.3 is 0 Å². The molecule has 0 saturated heterocycles. The Morgan fingerprint density at radius 2 is 1.20 bits per heavy atom. The molecule has 4 atom stereocenters. The fourth-order valence-corrected chi connectivity index (χ4v) is 12.1. The van der Waals surface area contributed by atoms with Gasteiger partial charge in [-0.1, -0.05) is 32.9 Å². The molecule has 5 heterocycles. The number of hydrogen-bond acceptors (Lipinski definition) is 20. The Balaban J connectivity index is 0.563. The molecule has 0 spiro atoms. The number of aryl methyl sites for hydroxylation is 2. The Hall–Kier alpha value is -8.21. The van der Waals surface area contributed by atoms with Crippen LogP contribution in [-0.2, 0) is 73.1 Å². The Morgan fingerprint density at radius 1 is 0.610 bits per heavy atom. The van der Waals surface area contributed by atoms with E-state index in [2.05, 4.69) is 16.0 Å². The molecule has 3 N–H and O–H groups in total. The van der Waals surface area contributed by atoms with Crippen molar-refractivity contribution in [3.05, 3.63) is 106 Å².